The molecule has 110 valence electrons. The third kappa shape index (κ3) is 4.14. The minimum absolute atomic E-state index is 0.333. The number of aromatic nitrogens is 2. The second kappa shape index (κ2) is 6.98. The van der Waals surface area contributed by atoms with E-state index in [2.05, 4.69) is 20.0 Å². The molecule has 0 aliphatic carbocycles. The van der Waals surface area contributed by atoms with Crippen molar-refractivity contribution >= 4 is 21.4 Å². The Morgan fingerprint density at radius 3 is 3.00 bits per heavy atom. The highest BCUT2D eigenvalue weighted by Gasteiger charge is 2.15. The first kappa shape index (κ1) is 15.2. The molecule has 2 aromatic heterocycles. The second-order valence-electron chi connectivity index (χ2n) is 4.25. The molecule has 0 saturated heterocycles. The molecule has 0 radical (unpaired) electrons. The van der Waals surface area contributed by atoms with Crippen molar-refractivity contribution in [3.8, 4) is 0 Å². The van der Waals surface area contributed by atoms with E-state index in [0.717, 1.165) is 17.1 Å². The largest absolute Gasteiger partial charge is 0.348 e. The molecule has 3 N–H and O–H groups in total. The Hall–Kier alpha value is -1.22. The summed E-state index contributed by atoms with van der Waals surface area (Å²) in [6.07, 6.45) is 3.86. The molecule has 0 bridgehead atoms. The average Bonchev–Trinajstić information content (AvgIpc) is 3.07. The molecule has 0 amide bonds. The van der Waals surface area contributed by atoms with Crippen LogP contribution in [0.4, 0.5) is 0 Å². The first-order valence-electron chi connectivity index (χ1n) is 6.37. The van der Waals surface area contributed by atoms with Crippen molar-refractivity contribution < 1.29 is 8.42 Å². The van der Waals surface area contributed by atoms with Crippen LogP contribution < -0.4 is 10.0 Å². The quantitative estimate of drug-likeness (QED) is 0.681. The molecule has 0 aliphatic rings. The van der Waals surface area contributed by atoms with Crippen LogP contribution >= 0.6 is 11.3 Å². The van der Waals surface area contributed by atoms with Crippen molar-refractivity contribution in [2.45, 2.75) is 24.8 Å². The Morgan fingerprint density at radius 1 is 1.45 bits per heavy atom. The van der Waals surface area contributed by atoms with E-state index in [1.54, 1.807) is 24.0 Å². The van der Waals surface area contributed by atoms with Gasteiger partial charge < -0.3 is 10.3 Å². The van der Waals surface area contributed by atoms with Gasteiger partial charge in [0, 0.05) is 41.7 Å². The summed E-state index contributed by atoms with van der Waals surface area (Å²) in [5.41, 5.74) is 0.908. The lowest BCUT2D eigenvalue weighted by molar-refractivity contribution is 0.581. The van der Waals surface area contributed by atoms with E-state index in [0.29, 0.717) is 24.4 Å². The molecule has 8 heteroatoms. The number of hydrogen-bond donors (Lipinski definition) is 3. The second-order valence-corrected chi connectivity index (χ2v) is 7.02. The number of imidazole rings is 1. The Balaban J connectivity index is 1.90. The van der Waals surface area contributed by atoms with Gasteiger partial charge in [-0.05, 0) is 12.6 Å². The summed E-state index contributed by atoms with van der Waals surface area (Å²) in [6.45, 7) is 3.93. The molecule has 0 saturated carbocycles. The van der Waals surface area contributed by atoms with Crippen molar-refractivity contribution in [2.24, 2.45) is 0 Å². The van der Waals surface area contributed by atoms with Crippen LogP contribution in [0.15, 0.2) is 28.9 Å². The summed E-state index contributed by atoms with van der Waals surface area (Å²) in [4.78, 5) is 8.18. The topological polar surface area (TPSA) is 86.9 Å². The fourth-order valence-corrected chi connectivity index (χ4v) is 3.94. The smallest absolute Gasteiger partial charge is 0.241 e. The lowest BCUT2D eigenvalue weighted by atomic mass is 10.3. The maximum absolute atomic E-state index is 12.1. The van der Waals surface area contributed by atoms with Crippen molar-refractivity contribution in [1.82, 2.24) is 20.0 Å². The third-order valence-corrected chi connectivity index (χ3v) is 5.26. The Bertz CT molecular complexity index is 620. The molecule has 0 aromatic carbocycles. The number of nitrogens with one attached hydrogen (secondary N) is 3. The van der Waals surface area contributed by atoms with Gasteiger partial charge in [0.05, 0.1) is 11.2 Å². The van der Waals surface area contributed by atoms with Gasteiger partial charge in [-0.15, -0.1) is 11.3 Å². The molecular formula is C12H18N4O2S2. The lowest BCUT2D eigenvalue weighted by Gasteiger charge is -2.03. The van der Waals surface area contributed by atoms with Crippen LogP contribution in [0.3, 0.4) is 0 Å². The number of rotatable bonds is 8. The predicted molar refractivity (Wildman–Crippen MR) is 79.2 cm³/mol. The molecule has 0 spiro atoms. The zero-order chi connectivity index (χ0) is 14.4. The highest BCUT2D eigenvalue weighted by atomic mass is 32.2. The molecule has 0 atom stereocenters. The van der Waals surface area contributed by atoms with E-state index in [1.165, 1.54) is 11.3 Å². The molecule has 0 fully saturated rings. The monoisotopic (exact) mass is 314 g/mol. The normalized spacial score (nSPS) is 11.8. The third-order valence-electron chi connectivity index (χ3n) is 2.73. The maximum atomic E-state index is 12.1. The van der Waals surface area contributed by atoms with E-state index in [4.69, 9.17) is 0 Å². The highest BCUT2D eigenvalue weighted by Crippen LogP contribution is 2.18. The predicted octanol–water partition coefficient (Wildman–Crippen LogP) is 1.10. The number of nitrogens with zero attached hydrogens (tertiary/aromatic N) is 1. The summed E-state index contributed by atoms with van der Waals surface area (Å²) in [7, 11) is -3.42. The van der Waals surface area contributed by atoms with Crippen molar-refractivity contribution in [3.63, 3.8) is 0 Å². The van der Waals surface area contributed by atoms with Gasteiger partial charge in [0.25, 0.3) is 0 Å². The van der Waals surface area contributed by atoms with Crippen LogP contribution in [-0.4, -0.2) is 31.5 Å². The van der Waals surface area contributed by atoms with Crippen molar-refractivity contribution in [2.75, 3.05) is 13.1 Å². The molecule has 20 heavy (non-hydrogen) atoms. The molecule has 6 nitrogen and oxygen atoms in total. The van der Waals surface area contributed by atoms with Gasteiger partial charge >= 0.3 is 0 Å². The van der Waals surface area contributed by atoms with Gasteiger partial charge in [-0.1, -0.05) is 6.92 Å². The highest BCUT2D eigenvalue weighted by molar-refractivity contribution is 7.89. The van der Waals surface area contributed by atoms with Crippen LogP contribution in [0.2, 0.25) is 0 Å². The SMILES string of the molecule is CCNCc1cc(S(=O)(=O)NCCc2cnc[nH]2)cs1. The van der Waals surface area contributed by atoms with E-state index >= 15 is 0 Å². The Labute approximate surface area is 122 Å². The van der Waals surface area contributed by atoms with Crippen molar-refractivity contribution in [1.29, 1.82) is 0 Å². The fourth-order valence-electron chi connectivity index (χ4n) is 1.67. The first-order valence-corrected chi connectivity index (χ1v) is 8.73. The zero-order valence-electron chi connectivity index (χ0n) is 11.2. The number of H-pyrrole nitrogens is 1. The minimum Gasteiger partial charge on any atom is -0.348 e. The number of thiophene rings is 1. The van der Waals surface area contributed by atoms with Gasteiger partial charge in [-0.25, -0.2) is 18.1 Å². The molecular weight excluding hydrogens is 296 g/mol. The molecule has 0 aliphatic heterocycles. The Kier molecular flexibility index (Phi) is 5.30. The summed E-state index contributed by atoms with van der Waals surface area (Å²) in [5.74, 6) is 0. The van der Waals surface area contributed by atoms with Gasteiger partial charge in [0.15, 0.2) is 0 Å². The van der Waals surface area contributed by atoms with Gasteiger partial charge in [0.2, 0.25) is 10.0 Å². The number of aromatic amines is 1. The summed E-state index contributed by atoms with van der Waals surface area (Å²) < 4.78 is 26.8. The average molecular weight is 314 g/mol. The molecule has 2 aromatic rings. The van der Waals surface area contributed by atoms with E-state index in [9.17, 15) is 8.42 Å². The molecule has 0 unspecified atom stereocenters. The maximum Gasteiger partial charge on any atom is 0.241 e. The van der Waals surface area contributed by atoms with Crippen LogP contribution in [-0.2, 0) is 23.0 Å². The number of hydrogen-bond acceptors (Lipinski definition) is 5. The van der Waals surface area contributed by atoms with E-state index < -0.39 is 10.0 Å². The van der Waals surface area contributed by atoms with Crippen LogP contribution in [0.25, 0.3) is 0 Å². The summed E-state index contributed by atoms with van der Waals surface area (Å²) in [5, 5.41) is 4.85. The zero-order valence-corrected chi connectivity index (χ0v) is 12.9. The first-order chi connectivity index (χ1) is 9.62. The van der Waals surface area contributed by atoms with Crippen LogP contribution in [0.1, 0.15) is 17.5 Å². The Morgan fingerprint density at radius 2 is 2.30 bits per heavy atom. The summed E-state index contributed by atoms with van der Waals surface area (Å²) >= 11 is 1.45. The van der Waals surface area contributed by atoms with Gasteiger partial charge in [-0.3, -0.25) is 0 Å². The van der Waals surface area contributed by atoms with E-state index in [1.807, 2.05) is 6.92 Å². The molecule has 2 rings (SSSR count). The number of sulfonamides is 1. The van der Waals surface area contributed by atoms with Gasteiger partial charge in [0.1, 0.15) is 0 Å². The minimum atomic E-state index is -3.42. The van der Waals surface area contributed by atoms with E-state index in [-0.39, 0.29) is 0 Å². The lowest BCUT2D eigenvalue weighted by Crippen LogP contribution is -2.25. The van der Waals surface area contributed by atoms with Crippen molar-refractivity contribution in [3.05, 3.63) is 34.5 Å². The van der Waals surface area contributed by atoms with Crippen LogP contribution in [0.5, 0.6) is 0 Å². The fraction of sp³-hybridized carbons (Fsp3) is 0.417. The van der Waals surface area contributed by atoms with Crippen LogP contribution in [0, 0.1) is 0 Å². The van der Waals surface area contributed by atoms with Gasteiger partial charge in [-0.2, -0.15) is 0 Å². The summed E-state index contributed by atoms with van der Waals surface area (Å²) in [6, 6.07) is 1.71. The standard InChI is InChI=1S/C12H18N4O2S2/c1-2-13-7-11-5-12(8-19-11)20(17,18)16-4-3-10-6-14-9-15-10/h5-6,8-9,13,16H,2-4,7H2,1H3,(H,14,15). The molecule has 2 heterocycles.